The Morgan fingerprint density at radius 2 is 1.70 bits per heavy atom. The number of hydrogen-bond donors (Lipinski definition) is 2. The first kappa shape index (κ1) is 23.8. The largest absolute Gasteiger partial charge is 0.496 e. The molecule has 1 fully saturated rings. The number of piperazine rings is 1. The molecule has 11 heteroatoms. The third-order valence-electron chi connectivity index (χ3n) is 4.32. The maximum Gasteiger partial charge on any atom is 0.416 e. The van der Waals surface area contributed by atoms with Crippen LogP contribution in [0.2, 0.25) is 0 Å². The molecule has 0 bridgehead atoms. The number of nitrogens with one attached hydrogen (secondary N) is 1. The number of aliphatic hydroxyl groups excluding tert-OH is 1. The van der Waals surface area contributed by atoms with Crippen LogP contribution in [0.15, 0.2) is 12.1 Å². The van der Waals surface area contributed by atoms with Crippen molar-refractivity contribution in [3.05, 3.63) is 28.8 Å². The highest BCUT2D eigenvalue weighted by molar-refractivity contribution is 5.85. The third-order valence-corrected chi connectivity index (χ3v) is 4.32. The summed E-state index contributed by atoms with van der Waals surface area (Å²) in [7, 11) is 1.03. The van der Waals surface area contributed by atoms with Crippen molar-refractivity contribution >= 4 is 12.4 Å². The van der Waals surface area contributed by atoms with Crippen molar-refractivity contribution in [3.63, 3.8) is 0 Å². The third kappa shape index (κ3) is 5.63. The van der Waals surface area contributed by atoms with E-state index in [1.54, 1.807) is 4.90 Å². The van der Waals surface area contributed by atoms with Crippen LogP contribution in [0.4, 0.5) is 26.3 Å². The van der Waals surface area contributed by atoms with E-state index in [1.807, 2.05) is 0 Å². The van der Waals surface area contributed by atoms with Gasteiger partial charge >= 0.3 is 12.4 Å². The maximum absolute atomic E-state index is 13.6. The molecule has 1 aliphatic heterocycles. The second kappa shape index (κ2) is 9.31. The standard InChI is InChI=1S/C16H20F6N2O2.ClH/c1-26-13-9-10(15(17,18)19)8-11(16(20,21)22)14(13)12(2-7-25)24-5-3-23-4-6-24;/h8-9,12,23,25H,2-7H2,1H3;1H/t12-;/m0./s1. The van der Waals surface area contributed by atoms with Gasteiger partial charge in [0.1, 0.15) is 5.75 Å². The summed E-state index contributed by atoms with van der Waals surface area (Å²) in [5, 5.41) is 12.4. The Hall–Kier alpha value is -1.23. The smallest absolute Gasteiger partial charge is 0.416 e. The summed E-state index contributed by atoms with van der Waals surface area (Å²) in [4.78, 5) is 1.72. The van der Waals surface area contributed by atoms with E-state index in [0.29, 0.717) is 32.2 Å². The quantitative estimate of drug-likeness (QED) is 0.713. The average Bonchev–Trinajstić information content (AvgIpc) is 2.57. The summed E-state index contributed by atoms with van der Waals surface area (Å²) in [5.74, 6) is -0.482. The van der Waals surface area contributed by atoms with Crippen LogP contribution in [0, 0.1) is 0 Å². The van der Waals surface area contributed by atoms with Gasteiger partial charge in [0.05, 0.1) is 18.2 Å². The van der Waals surface area contributed by atoms with E-state index in [4.69, 9.17) is 4.74 Å². The molecule has 0 spiro atoms. The Balaban J connectivity index is 0.00000364. The molecule has 1 saturated heterocycles. The number of nitrogens with zero attached hydrogens (tertiary/aromatic N) is 1. The fourth-order valence-electron chi connectivity index (χ4n) is 3.16. The van der Waals surface area contributed by atoms with Gasteiger partial charge in [-0.25, -0.2) is 0 Å². The Labute approximate surface area is 158 Å². The molecule has 1 atom stereocenters. The van der Waals surface area contributed by atoms with Crippen molar-refractivity contribution in [2.75, 3.05) is 39.9 Å². The van der Waals surface area contributed by atoms with E-state index < -0.39 is 41.9 Å². The van der Waals surface area contributed by atoms with Crippen molar-refractivity contribution in [2.24, 2.45) is 0 Å². The lowest BCUT2D eigenvalue weighted by Gasteiger charge is -2.37. The SMILES string of the molecule is COc1cc(C(F)(F)F)cc(C(F)(F)F)c1[C@H](CCO)N1CCNCC1.Cl. The molecule has 0 aromatic heterocycles. The van der Waals surface area contributed by atoms with Crippen LogP contribution in [0.1, 0.15) is 29.2 Å². The lowest BCUT2D eigenvalue weighted by atomic mass is 9.92. The zero-order valence-corrected chi connectivity index (χ0v) is 15.3. The van der Waals surface area contributed by atoms with Crippen molar-refractivity contribution in [1.29, 1.82) is 0 Å². The van der Waals surface area contributed by atoms with Crippen molar-refractivity contribution in [1.82, 2.24) is 10.2 Å². The monoisotopic (exact) mass is 422 g/mol. The Bertz CT molecular complexity index is 618. The number of hydrogen-bond acceptors (Lipinski definition) is 4. The molecule has 1 aromatic carbocycles. The molecule has 1 aliphatic rings. The molecule has 156 valence electrons. The highest BCUT2D eigenvalue weighted by atomic mass is 35.5. The zero-order valence-electron chi connectivity index (χ0n) is 14.5. The number of ether oxygens (including phenoxy) is 1. The van der Waals surface area contributed by atoms with Gasteiger partial charge in [-0.15, -0.1) is 12.4 Å². The maximum atomic E-state index is 13.6. The molecule has 0 amide bonds. The van der Waals surface area contributed by atoms with E-state index in [0.717, 1.165) is 7.11 Å². The normalized spacial score (nSPS) is 17.3. The van der Waals surface area contributed by atoms with Crippen LogP contribution < -0.4 is 10.1 Å². The molecule has 2 rings (SSSR count). The average molecular weight is 423 g/mol. The van der Waals surface area contributed by atoms with E-state index in [-0.39, 0.29) is 30.5 Å². The minimum atomic E-state index is -4.99. The Morgan fingerprint density at radius 1 is 1.11 bits per heavy atom. The van der Waals surface area contributed by atoms with E-state index in [9.17, 15) is 31.4 Å². The minimum absolute atomic E-state index is 0. The first-order valence-electron chi connectivity index (χ1n) is 8.01. The molecule has 0 unspecified atom stereocenters. The van der Waals surface area contributed by atoms with Gasteiger partial charge in [0.15, 0.2) is 0 Å². The van der Waals surface area contributed by atoms with Gasteiger partial charge in [-0.2, -0.15) is 26.3 Å². The highest BCUT2D eigenvalue weighted by Gasteiger charge is 2.42. The molecule has 0 aliphatic carbocycles. The van der Waals surface area contributed by atoms with Gasteiger partial charge in [0.2, 0.25) is 0 Å². The fraction of sp³-hybridized carbons (Fsp3) is 0.625. The summed E-state index contributed by atoms with van der Waals surface area (Å²) < 4.78 is 84.7. The highest BCUT2D eigenvalue weighted by Crippen LogP contribution is 2.45. The van der Waals surface area contributed by atoms with Crippen LogP contribution in [-0.2, 0) is 12.4 Å². The number of aliphatic hydroxyl groups is 1. The summed E-state index contributed by atoms with van der Waals surface area (Å²) in [5.41, 5.74) is -3.18. The second-order valence-corrected chi connectivity index (χ2v) is 5.95. The number of alkyl halides is 6. The molecule has 0 radical (unpaired) electrons. The molecular weight excluding hydrogens is 402 g/mol. The minimum Gasteiger partial charge on any atom is -0.496 e. The zero-order chi connectivity index (χ0) is 19.5. The van der Waals surface area contributed by atoms with Gasteiger partial charge in [0, 0.05) is 44.4 Å². The number of halogens is 7. The van der Waals surface area contributed by atoms with Gasteiger partial charge in [-0.3, -0.25) is 4.90 Å². The Morgan fingerprint density at radius 3 is 2.15 bits per heavy atom. The van der Waals surface area contributed by atoms with Gasteiger partial charge in [-0.1, -0.05) is 0 Å². The van der Waals surface area contributed by atoms with Gasteiger partial charge in [0.25, 0.3) is 0 Å². The lowest BCUT2D eigenvalue weighted by Crippen LogP contribution is -2.45. The summed E-state index contributed by atoms with van der Waals surface area (Å²) >= 11 is 0. The van der Waals surface area contributed by atoms with E-state index in [2.05, 4.69) is 5.32 Å². The first-order valence-corrected chi connectivity index (χ1v) is 8.01. The molecule has 4 nitrogen and oxygen atoms in total. The van der Waals surface area contributed by atoms with Gasteiger partial charge in [-0.05, 0) is 18.6 Å². The van der Waals surface area contributed by atoms with Crippen LogP contribution >= 0.6 is 12.4 Å². The predicted octanol–water partition coefficient (Wildman–Crippen LogP) is 3.48. The fourth-order valence-corrected chi connectivity index (χ4v) is 3.16. The number of benzene rings is 1. The molecule has 2 N–H and O–H groups in total. The summed E-state index contributed by atoms with van der Waals surface area (Å²) in [6, 6.07) is -0.211. The van der Waals surface area contributed by atoms with E-state index in [1.165, 1.54) is 0 Å². The number of methoxy groups -OCH3 is 1. The molecular formula is C16H21ClF6N2O2. The second-order valence-electron chi connectivity index (χ2n) is 5.95. The summed E-state index contributed by atoms with van der Waals surface area (Å²) in [6.45, 7) is 1.48. The first-order chi connectivity index (χ1) is 12.1. The van der Waals surface area contributed by atoms with Crippen molar-refractivity contribution in [3.8, 4) is 5.75 Å². The molecule has 1 aromatic rings. The van der Waals surface area contributed by atoms with Crippen molar-refractivity contribution in [2.45, 2.75) is 24.8 Å². The Kier molecular flexibility index (Phi) is 8.21. The molecule has 27 heavy (non-hydrogen) atoms. The van der Waals surface area contributed by atoms with Gasteiger partial charge < -0.3 is 15.2 Å². The molecule has 0 saturated carbocycles. The topological polar surface area (TPSA) is 44.7 Å². The summed E-state index contributed by atoms with van der Waals surface area (Å²) in [6.07, 6.45) is -9.98. The van der Waals surface area contributed by atoms with E-state index >= 15 is 0 Å². The van der Waals surface area contributed by atoms with Crippen LogP contribution in [0.3, 0.4) is 0 Å². The predicted molar refractivity (Wildman–Crippen MR) is 89.1 cm³/mol. The van der Waals surface area contributed by atoms with Crippen LogP contribution in [0.25, 0.3) is 0 Å². The van der Waals surface area contributed by atoms with Crippen LogP contribution in [-0.4, -0.2) is 49.9 Å². The molecule has 1 heterocycles. The van der Waals surface area contributed by atoms with Crippen LogP contribution in [0.5, 0.6) is 5.75 Å². The van der Waals surface area contributed by atoms with Crippen molar-refractivity contribution < 1.29 is 36.2 Å². The lowest BCUT2D eigenvalue weighted by molar-refractivity contribution is -0.144. The number of rotatable bonds is 5.